The summed E-state index contributed by atoms with van der Waals surface area (Å²) in [5.74, 6) is -1.52. The molecular formula is C23H16FNO5S. The summed E-state index contributed by atoms with van der Waals surface area (Å²) in [6, 6.07) is 18.3. The van der Waals surface area contributed by atoms with Crippen molar-refractivity contribution in [3.8, 4) is 5.75 Å². The number of carbonyl (C=O) groups excluding carboxylic acids is 1. The van der Waals surface area contributed by atoms with E-state index in [1.807, 2.05) is 6.92 Å². The Hall–Kier alpha value is -3.78. The van der Waals surface area contributed by atoms with Gasteiger partial charge in [-0.25, -0.2) is 14.2 Å². The van der Waals surface area contributed by atoms with Gasteiger partial charge in [-0.3, -0.25) is 0 Å². The molecular weight excluding hydrogens is 421 g/mol. The molecule has 0 saturated carbocycles. The lowest BCUT2D eigenvalue weighted by molar-refractivity contribution is -0.129. The van der Waals surface area contributed by atoms with E-state index in [0.717, 1.165) is 5.56 Å². The number of nitrogens with zero attached hydrogens (tertiary/aromatic N) is 1. The lowest BCUT2D eigenvalue weighted by atomic mass is 10.1. The SMILES string of the molecule is Cc1ccc(S(=O)(=O)Oc2ccccc2/C=C2\N=C(c3ccccc3F)OC2=O)cc1. The van der Waals surface area contributed by atoms with Gasteiger partial charge in [-0.1, -0.05) is 48.0 Å². The minimum absolute atomic E-state index is 0.000641. The van der Waals surface area contributed by atoms with Gasteiger partial charge in [0.15, 0.2) is 5.70 Å². The average Bonchev–Trinajstić information content (AvgIpc) is 3.10. The Labute approximate surface area is 178 Å². The number of rotatable bonds is 5. The highest BCUT2D eigenvalue weighted by atomic mass is 32.2. The number of ether oxygens (including phenoxy) is 1. The largest absolute Gasteiger partial charge is 0.402 e. The minimum atomic E-state index is -4.09. The lowest BCUT2D eigenvalue weighted by Crippen LogP contribution is -2.10. The molecule has 0 atom stereocenters. The van der Waals surface area contributed by atoms with Crippen LogP contribution in [0, 0.1) is 12.7 Å². The summed E-state index contributed by atoms with van der Waals surface area (Å²) in [6.07, 6.45) is 1.33. The first-order valence-corrected chi connectivity index (χ1v) is 10.6. The lowest BCUT2D eigenvalue weighted by Gasteiger charge is -2.09. The van der Waals surface area contributed by atoms with Crippen LogP contribution < -0.4 is 4.18 Å². The van der Waals surface area contributed by atoms with Crippen LogP contribution >= 0.6 is 0 Å². The number of aliphatic imine (C=N–C) groups is 1. The zero-order valence-electron chi connectivity index (χ0n) is 16.3. The number of benzene rings is 3. The van der Waals surface area contributed by atoms with Gasteiger partial charge in [-0.15, -0.1) is 0 Å². The smallest absolute Gasteiger partial charge is 0.363 e. The Balaban J connectivity index is 1.67. The van der Waals surface area contributed by atoms with Gasteiger partial charge < -0.3 is 8.92 Å². The number of aryl methyl sites for hydroxylation is 1. The van der Waals surface area contributed by atoms with Crippen molar-refractivity contribution in [1.29, 1.82) is 0 Å². The number of carbonyl (C=O) groups is 1. The highest BCUT2D eigenvalue weighted by Gasteiger charge is 2.26. The van der Waals surface area contributed by atoms with Crippen LogP contribution in [0.1, 0.15) is 16.7 Å². The fourth-order valence-corrected chi connectivity index (χ4v) is 3.81. The van der Waals surface area contributed by atoms with Crippen molar-refractivity contribution in [3.05, 3.63) is 101 Å². The maximum Gasteiger partial charge on any atom is 0.363 e. The van der Waals surface area contributed by atoms with Crippen LogP contribution in [0.15, 0.2) is 88.4 Å². The fourth-order valence-electron chi connectivity index (χ4n) is 2.85. The maximum atomic E-state index is 14.0. The molecule has 0 saturated heterocycles. The molecule has 0 aliphatic carbocycles. The van der Waals surface area contributed by atoms with Gasteiger partial charge in [-0.2, -0.15) is 8.42 Å². The number of cyclic esters (lactones) is 1. The molecule has 0 spiro atoms. The predicted molar refractivity (Wildman–Crippen MR) is 112 cm³/mol. The second kappa shape index (κ2) is 8.16. The number of hydrogen-bond acceptors (Lipinski definition) is 6. The van der Waals surface area contributed by atoms with Crippen molar-refractivity contribution >= 4 is 28.1 Å². The molecule has 0 N–H and O–H groups in total. The number of para-hydroxylation sites is 1. The Morgan fingerprint density at radius 1 is 0.968 bits per heavy atom. The van der Waals surface area contributed by atoms with Crippen molar-refractivity contribution in [1.82, 2.24) is 0 Å². The summed E-state index contributed by atoms with van der Waals surface area (Å²) < 4.78 is 49.6. The summed E-state index contributed by atoms with van der Waals surface area (Å²) in [7, 11) is -4.09. The molecule has 156 valence electrons. The van der Waals surface area contributed by atoms with Crippen molar-refractivity contribution in [3.63, 3.8) is 0 Å². The van der Waals surface area contributed by atoms with Gasteiger partial charge in [0.25, 0.3) is 0 Å². The van der Waals surface area contributed by atoms with Crippen molar-refractivity contribution in [2.45, 2.75) is 11.8 Å². The second-order valence-electron chi connectivity index (χ2n) is 6.70. The Bertz CT molecular complexity index is 1330. The van der Waals surface area contributed by atoms with Gasteiger partial charge in [0.05, 0.1) is 5.56 Å². The third kappa shape index (κ3) is 4.39. The molecule has 8 heteroatoms. The van der Waals surface area contributed by atoms with E-state index >= 15 is 0 Å². The van der Waals surface area contributed by atoms with E-state index in [4.69, 9.17) is 8.92 Å². The van der Waals surface area contributed by atoms with Gasteiger partial charge in [0, 0.05) is 5.56 Å². The average molecular weight is 437 g/mol. The maximum absolute atomic E-state index is 14.0. The van der Waals surface area contributed by atoms with E-state index in [1.165, 1.54) is 42.5 Å². The number of hydrogen-bond donors (Lipinski definition) is 0. The molecule has 1 aliphatic rings. The molecule has 0 fully saturated rings. The van der Waals surface area contributed by atoms with E-state index in [0.29, 0.717) is 5.56 Å². The van der Waals surface area contributed by atoms with Crippen LogP contribution in [-0.2, 0) is 19.6 Å². The Morgan fingerprint density at radius 3 is 2.39 bits per heavy atom. The molecule has 0 radical (unpaired) electrons. The fraction of sp³-hybridized carbons (Fsp3) is 0.0435. The van der Waals surface area contributed by atoms with Gasteiger partial charge in [0.2, 0.25) is 5.90 Å². The topological polar surface area (TPSA) is 82.0 Å². The molecule has 6 nitrogen and oxygen atoms in total. The monoisotopic (exact) mass is 437 g/mol. The second-order valence-corrected chi connectivity index (χ2v) is 8.25. The molecule has 1 heterocycles. The third-order valence-electron chi connectivity index (χ3n) is 4.45. The quantitative estimate of drug-likeness (QED) is 0.339. The van der Waals surface area contributed by atoms with Crippen LogP contribution in [0.4, 0.5) is 4.39 Å². The van der Waals surface area contributed by atoms with Crippen LogP contribution in [0.3, 0.4) is 0 Å². The zero-order valence-corrected chi connectivity index (χ0v) is 17.1. The molecule has 1 aliphatic heterocycles. The summed E-state index contributed by atoms with van der Waals surface area (Å²) >= 11 is 0. The van der Waals surface area contributed by atoms with Gasteiger partial charge in [0.1, 0.15) is 16.5 Å². The summed E-state index contributed by atoms with van der Waals surface area (Å²) in [4.78, 5) is 16.3. The normalized spacial score (nSPS) is 15.0. The summed E-state index contributed by atoms with van der Waals surface area (Å²) in [5, 5.41) is 0. The molecule has 0 bridgehead atoms. The molecule has 0 aromatic heterocycles. The van der Waals surface area contributed by atoms with E-state index in [2.05, 4.69) is 4.99 Å². The predicted octanol–water partition coefficient (Wildman–Crippen LogP) is 4.25. The number of halogens is 1. The van der Waals surface area contributed by atoms with Crippen molar-refractivity contribution < 1.29 is 26.5 Å². The van der Waals surface area contributed by atoms with Crippen LogP contribution in [0.25, 0.3) is 6.08 Å². The molecule has 0 amide bonds. The first-order chi connectivity index (χ1) is 14.8. The van der Waals surface area contributed by atoms with Crippen LogP contribution in [-0.4, -0.2) is 20.3 Å². The molecule has 0 unspecified atom stereocenters. The number of esters is 1. The highest BCUT2D eigenvalue weighted by molar-refractivity contribution is 7.87. The summed E-state index contributed by atoms with van der Waals surface area (Å²) in [6.45, 7) is 1.84. The van der Waals surface area contributed by atoms with E-state index in [1.54, 1.807) is 36.4 Å². The van der Waals surface area contributed by atoms with E-state index in [-0.39, 0.29) is 27.8 Å². The van der Waals surface area contributed by atoms with Gasteiger partial charge >= 0.3 is 16.1 Å². The van der Waals surface area contributed by atoms with Crippen LogP contribution in [0.2, 0.25) is 0 Å². The summed E-state index contributed by atoms with van der Waals surface area (Å²) in [5.41, 5.74) is 1.14. The first-order valence-electron chi connectivity index (χ1n) is 9.21. The molecule has 3 aromatic carbocycles. The van der Waals surface area contributed by atoms with E-state index in [9.17, 15) is 17.6 Å². The van der Waals surface area contributed by atoms with Crippen molar-refractivity contribution in [2.24, 2.45) is 4.99 Å². The zero-order chi connectivity index (χ0) is 22.0. The first kappa shape index (κ1) is 20.5. The molecule has 4 rings (SSSR count). The third-order valence-corrected chi connectivity index (χ3v) is 5.69. The van der Waals surface area contributed by atoms with Crippen molar-refractivity contribution in [2.75, 3.05) is 0 Å². The highest BCUT2D eigenvalue weighted by Crippen LogP contribution is 2.27. The minimum Gasteiger partial charge on any atom is -0.402 e. The molecule has 31 heavy (non-hydrogen) atoms. The Kier molecular flexibility index (Phi) is 5.39. The standard InChI is InChI=1S/C23H16FNO5S/c1-15-10-12-17(13-11-15)31(27,28)30-21-9-5-2-6-16(21)14-20-23(26)29-22(25-20)18-7-3-4-8-19(18)24/h2-14H,1H3/b20-14-. The van der Waals surface area contributed by atoms with Crippen LogP contribution in [0.5, 0.6) is 5.75 Å². The van der Waals surface area contributed by atoms with E-state index < -0.39 is 21.9 Å². The Morgan fingerprint density at radius 2 is 1.65 bits per heavy atom. The van der Waals surface area contributed by atoms with Gasteiger partial charge in [-0.05, 0) is 43.3 Å². The molecule has 3 aromatic rings.